The smallest absolute Gasteiger partial charge is 0.328 e. The Labute approximate surface area is 88.3 Å². The summed E-state index contributed by atoms with van der Waals surface area (Å²) in [5, 5.41) is 0. The summed E-state index contributed by atoms with van der Waals surface area (Å²) in [7, 11) is 1.46. The summed E-state index contributed by atoms with van der Waals surface area (Å²) in [6.45, 7) is 2.82. The van der Waals surface area contributed by atoms with Crippen LogP contribution in [0.15, 0.2) is 17.2 Å². The van der Waals surface area contributed by atoms with E-state index in [9.17, 15) is 9.59 Å². The molecule has 0 atom stereocenters. The highest BCUT2D eigenvalue weighted by atomic mass is 16.5. The number of ketones is 1. The molecule has 0 N–H and O–H groups in total. The van der Waals surface area contributed by atoms with Gasteiger partial charge < -0.3 is 4.74 Å². The topological polar surface area (TPSA) is 53.2 Å². The zero-order valence-corrected chi connectivity index (χ0v) is 9.10. The second kappa shape index (κ2) is 5.50. The zero-order valence-electron chi connectivity index (χ0n) is 9.10. The molecule has 1 rings (SSSR count). The maximum Gasteiger partial charge on any atom is 0.328 e. The molecule has 0 aromatic carbocycles. The number of rotatable bonds is 6. The van der Waals surface area contributed by atoms with E-state index in [0.29, 0.717) is 6.54 Å². The number of Topliss-reactive ketones (excluding diaryl/α,β-unsaturated/α-hetero) is 1. The van der Waals surface area contributed by atoms with E-state index in [4.69, 9.17) is 4.74 Å². The highest BCUT2D eigenvalue weighted by Gasteiger charge is 2.06. The fraction of sp³-hybridized carbons (Fsp3) is 0.600. The first-order valence-electron chi connectivity index (χ1n) is 4.95. The summed E-state index contributed by atoms with van der Waals surface area (Å²) in [5.74, 6) is -0.103. The molecule has 0 saturated carbocycles. The fourth-order valence-electron chi connectivity index (χ4n) is 1.38. The van der Waals surface area contributed by atoms with Gasteiger partial charge in [-0.15, -0.1) is 0 Å². The van der Waals surface area contributed by atoms with Gasteiger partial charge in [0, 0.05) is 26.0 Å². The lowest BCUT2D eigenvalue weighted by Gasteiger charge is -2.00. The molecule has 84 valence electrons. The first-order chi connectivity index (χ1) is 7.19. The van der Waals surface area contributed by atoms with Gasteiger partial charge >= 0.3 is 5.69 Å². The van der Waals surface area contributed by atoms with Crippen molar-refractivity contribution in [1.29, 1.82) is 0 Å². The van der Waals surface area contributed by atoms with E-state index in [-0.39, 0.29) is 24.6 Å². The number of ether oxygens (including phenoxy) is 1. The minimum atomic E-state index is -0.138. The molecule has 0 fully saturated rings. The van der Waals surface area contributed by atoms with Gasteiger partial charge in [-0.05, 0) is 6.42 Å². The number of nitrogens with zero attached hydrogens (tertiary/aromatic N) is 2. The lowest BCUT2D eigenvalue weighted by atomic mass is 10.4. The lowest BCUT2D eigenvalue weighted by Crippen LogP contribution is -2.27. The molecule has 0 aliphatic heterocycles. The molecule has 0 bridgehead atoms. The first kappa shape index (κ1) is 11.7. The predicted octanol–water partition coefficient (Wildman–Crippen LogP) is 0.275. The van der Waals surface area contributed by atoms with Crippen LogP contribution in [0, 0.1) is 0 Å². The number of aromatic nitrogens is 2. The quantitative estimate of drug-likeness (QED) is 0.680. The van der Waals surface area contributed by atoms with E-state index in [2.05, 4.69) is 0 Å². The maximum atomic E-state index is 11.6. The largest absolute Gasteiger partial charge is 0.377 e. The number of imidazole rings is 1. The molecule has 0 aliphatic carbocycles. The second-order valence-electron chi connectivity index (χ2n) is 3.37. The van der Waals surface area contributed by atoms with Gasteiger partial charge in [-0.25, -0.2) is 4.79 Å². The summed E-state index contributed by atoms with van der Waals surface area (Å²) in [5.41, 5.74) is -0.138. The summed E-state index contributed by atoms with van der Waals surface area (Å²) in [6.07, 6.45) is 4.23. The number of hydrogen-bond donors (Lipinski definition) is 0. The number of carbonyl (C=O) groups excluding carboxylic acids is 1. The standard InChI is InChI=1S/C10H16N2O3/c1-3-4-11-5-6-12(10(11)14)7-9(13)8-15-2/h5-6H,3-4,7-8H2,1-2H3. The highest BCUT2D eigenvalue weighted by Crippen LogP contribution is 1.89. The van der Waals surface area contributed by atoms with Crippen LogP contribution in [0.25, 0.3) is 0 Å². The fourth-order valence-corrected chi connectivity index (χ4v) is 1.38. The first-order valence-corrected chi connectivity index (χ1v) is 4.95. The van der Waals surface area contributed by atoms with Gasteiger partial charge in [0.05, 0.1) is 6.54 Å². The second-order valence-corrected chi connectivity index (χ2v) is 3.37. The van der Waals surface area contributed by atoms with Crippen LogP contribution < -0.4 is 5.69 Å². The normalized spacial score (nSPS) is 10.5. The molecule has 1 aromatic rings. The minimum absolute atomic E-state index is 0.0470. The van der Waals surface area contributed by atoms with Crippen LogP contribution in [0.3, 0.4) is 0 Å². The summed E-state index contributed by atoms with van der Waals surface area (Å²) in [6, 6.07) is 0. The van der Waals surface area contributed by atoms with Crippen molar-refractivity contribution >= 4 is 5.78 Å². The van der Waals surface area contributed by atoms with Gasteiger partial charge in [0.25, 0.3) is 0 Å². The average molecular weight is 212 g/mol. The molecule has 1 aromatic heterocycles. The number of carbonyl (C=O) groups is 1. The summed E-state index contributed by atoms with van der Waals surface area (Å²) < 4.78 is 7.70. The van der Waals surface area contributed by atoms with Crippen molar-refractivity contribution in [3.63, 3.8) is 0 Å². The van der Waals surface area contributed by atoms with Crippen molar-refractivity contribution in [1.82, 2.24) is 9.13 Å². The predicted molar refractivity (Wildman–Crippen MR) is 55.9 cm³/mol. The van der Waals surface area contributed by atoms with Gasteiger partial charge in [-0.2, -0.15) is 0 Å². The van der Waals surface area contributed by atoms with Crippen LogP contribution in [-0.4, -0.2) is 28.6 Å². The third-order valence-corrected chi connectivity index (χ3v) is 2.03. The van der Waals surface area contributed by atoms with E-state index >= 15 is 0 Å². The molecule has 15 heavy (non-hydrogen) atoms. The molecule has 0 spiro atoms. The Bertz CT molecular complexity index is 378. The van der Waals surface area contributed by atoms with Gasteiger partial charge in [0.15, 0.2) is 5.78 Å². The van der Waals surface area contributed by atoms with E-state index in [0.717, 1.165) is 6.42 Å². The van der Waals surface area contributed by atoms with E-state index in [1.54, 1.807) is 17.0 Å². The number of hydrogen-bond acceptors (Lipinski definition) is 3. The molecule has 1 heterocycles. The Morgan fingerprint density at radius 1 is 1.40 bits per heavy atom. The van der Waals surface area contributed by atoms with Crippen LogP contribution in [0.1, 0.15) is 13.3 Å². The summed E-state index contributed by atoms with van der Waals surface area (Å²) >= 11 is 0. The molecular weight excluding hydrogens is 196 g/mol. The Morgan fingerprint density at radius 3 is 2.67 bits per heavy atom. The van der Waals surface area contributed by atoms with Gasteiger partial charge in [0.1, 0.15) is 6.61 Å². The van der Waals surface area contributed by atoms with Crippen LogP contribution in [0.5, 0.6) is 0 Å². The molecule has 0 unspecified atom stereocenters. The Kier molecular flexibility index (Phi) is 4.30. The van der Waals surface area contributed by atoms with Crippen LogP contribution in [-0.2, 0) is 22.6 Å². The molecule has 0 amide bonds. The maximum absolute atomic E-state index is 11.6. The van der Waals surface area contributed by atoms with Crippen LogP contribution in [0.2, 0.25) is 0 Å². The molecular formula is C10H16N2O3. The monoisotopic (exact) mass is 212 g/mol. The van der Waals surface area contributed by atoms with Crippen molar-refractivity contribution in [2.24, 2.45) is 0 Å². The third-order valence-electron chi connectivity index (χ3n) is 2.03. The third kappa shape index (κ3) is 3.06. The summed E-state index contributed by atoms with van der Waals surface area (Å²) in [4.78, 5) is 22.9. The molecule has 0 aliphatic rings. The average Bonchev–Trinajstić information content (AvgIpc) is 2.51. The van der Waals surface area contributed by atoms with Crippen LogP contribution in [0.4, 0.5) is 0 Å². The van der Waals surface area contributed by atoms with E-state index in [1.807, 2.05) is 6.92 Å². The van der Waals surface area contributed by atoms with Crippen molar-refractivity contribution < 1.29 is 9.53 Å². The number of aryl methyl sites for hydroxylation is 1. The van der Waals surface area contributed by atoms with Gasteiger partial charge in [-0.3, -0.25) is 13.9 Å². The van der Waals surface area contributed by atoms with Crippen molar-refractivity contribution in [2.45, 2.75) is 26.4 Å². The Hall–Kier alpha value is -1.36. The van der Waals surface area contributed by atoms with Crippen LogP contribution >= 0.6 is 0 Å². The SMILES string of the molecule is CCCn1ccn(CC(=O)COC)c1=O. The molecule has 5 heteroatoms. The number of methoxy groups -OCH3 is 1. The Balaban J connectivity index is 2.70. The van der Waals surface area contributed by atoms with Crippen molar-refractivity contribution in [2.75, 3.05) is 13.7 Å². The zero-order chi connectivity index (χ0) is 11.3. The van der Waals surface area contributed by atoms with Crippen molar-refractivity contribution in [3.05, 3.63) is 22.9 Å². The van der Waals surface area contributed by atoms with Gasteiger partial charge in [0.2, 0.25) is 0 Å². The molecule has 5 nitrogen and oxygen atoms in total. The lowest BCUT2D eigenvalue weighted by molar-refractivity contribution is -0.123. The van der Waals surface area contributed by atoms with Crippen molar-refractivity contribution in [3.8, 4) is 0 Å². The molecule has 0 radical (unpaired) electrons. The van der Waals surface area contributed by atoms with E-state index in [1.165, 1.54) is 11.7 Å². The Morgan fingerprint density at radius 2 is 2.07 bits per heavy atom. The van der Waals surface area contributed by atoms with E-state index < -0.39 is 0 Å². The minimum Gasteiger partial charge on any atom is -0.377 e. The highest BCUT2D eigenvalue weighted by molar-refractivity contribution is 5.79. The molecule has 0 saturated heterocycles. The van der Waals surface area contributed by atoms with Gasteiger partial charge in [-0.1, -0.05) is 6.92 Å².